The number of alkyl halides is 3. The number of nitrogens with one attached hydrogen (secondary N) is 1. The Hall–Kier alpha value is -2.23. The first-order chi connectivity index (χ1) is 9.42. The maximum Gasteiger partial charge on any atom is 0.573 e. The van der Waals surface area contributed by atoms with E-state index in [2.05, 4.69) is 10.1 Å². The van der Waals surface area contributed by atoms with Crippen LogP contribution in [0.3, 0.4) is 0 Å². The van der Waals surface area contributed by atoms with Crippen molar-refractivity contribution in [2.24, 2.45) is 5.92 Å². The number of amides is 1. The maximum absolute atomic E-state index is 12.3. The van der Waals surface area contributed by atoms with E-state index in [9.17, 15) is 18.0 Å². The molecule has 1 N–H and O–H groups in total. The van der Waals surface area contributed by atoms with Gasteiger partial charge in [-0.3, -0.25) is 4.79 Å². The van der Waals surface area contributed by atoms with Crippen molar-refractivity contribution in [2.75, 3.05) is 6.54 Å². The molecule has 0 unspecified atom stereocenters. The van der Waals surface area contributed by atoms with Crippen LogP contribution >= 0.6 is 0 Å². The lowest BCUT2D eigenvalue weighted by molar-refractivity contribution is -0.274. The lowest BCUT2D eigenvalue weighted by atomic mass is 10.1. The smallest absolute Gasteiger partial charge is 0.405 e. The summed E-state index contributed by atoms with van der Waals surface area (Å²) in [4.78, 5) is 11.6. The normalized spacial score (nSPS) is 20.9. The Labute approximate surface area is 113 Å². The monoisotopic (exact) mass is 284 g/mol. The Morgan fingerprint density at radius 1 is 1.45 bits per heavy atom. The Kier molecular flexibility index (Phi) is 3.84. The molecule has 20 heavy (non-hydrogen) atoms. The number of rotatable bonds is 4. The molecule has 1 saturated carbocycles. The van der Waals surface area contributed by atoms with Crippen molar-refractivity contribution in [3.05, 3.63) is 29.8 Å². The molecule has 1 amide bonds. The number of nitrogens with zero attached hydrogens (tertiary/aromatic N) is 1. The summed E-state index contributed by atoms with van der Waals surface area (Å²) in [6, 6.07) is 7.56. The summed E-state index contributed by atoms with van der Waals surface area (Å²) < 4.78 is 40.8. The number of para-hydroxylation sites is 1. The summed E-state index contributed by atoms with van der Waals surface area (Å²) in [5.74, 6) is -1.30. The van der Waals surface area contributed by atoms with Gasteiger partial charge in [0.1, 0.15) is 12.3 Å². The molecule has 0 radical (unpaired) electrons. The van der Waals surface area contributed by atoms with Crippen LogP contribution in [-0.4, -0.2) is 18.8 Å². The Morgan fingerprint density at radius 3 is 2.80 bits per heavy atom. The molecule has 1 aliphatic carbocycles. The number of halogens is 3. The molecule has 106 valence electrons. The summed E-state index contributed by atoms with van der Waals surface area (Å²) >= 11 is 0. The van der Waals surface area contributed by atoms with Crippen molar-refractivity contribution >= 4 is 5.91 Å². The highest BCUT2D eigenvalue weighted by Gasteiger charge is 2.46. The number of hydrogen-bond donors (Lipinski definition) is 1. The quantitative estimate of drug-likeness (QED) is 0.863. The number of carbonyl (C=O) groups excluding carboxylic acids is 1. The van der Waals surface area contributed by atoms with E-state index in [0.717, 1.165) is 0 Å². The fourth-order valence-corrected chi connectivity index (χ4v) is 2.09. The molecule has 0 spiro atoms. The molecule has 4 nitrogen and oxygen atoms in total. The highest BCUT2D eigenvalue weighted by Crippen LogP contribution is 2.50. The van der Waals surface area contributed by atoms with Crippen LogP contribution in [0.1, 0.15) is 17.9 Å². The predicted octanol–water partition coefficient (Wildman–Crippen LogP) is 2.33. The van der Waals surface area contributed by atoms with Gasteiger partial charge < -0.3 is 10.1 Å². The van der Waals surface area contributed by atoms with Crippen molar-refractivity contribution < 1.29 is 22.7 Å². The van der Waals surface area contributed by atoms with Crippen LogP contribution in [0.5, 0.6) is 5.75 Å². The van der Waals surface area contributed by atoms with Gasteiger partial charge in [-0.1, -0.05) is 18.2 Å². The number of nitriles is 1. The van der Waals surface area contributed by atoms with Crippen LogP contribution in [-0.2, 0) is 4.79 Å². The van der Waals surface area contributed by atoms with E-state index in [-0.39, 0.29) is 24.1 Å². The minimum Gasteiger partial charge on any atom is -0.405 e. The summed E-state index contributed by atoms with van der Waals surface area (Å²) in [6.07, 6.45) is -4.31. The van der Waals surface area contributed by atoms with Gasteiger partial charge in [-0.2, -0.15) is 5.26 Å². The molecule has 7 heteroatoms. The van der Waals surface area contributed by atoms with Crippen molar-refractivity contribution in [3.8, 4) is 11.8 Å². The molecular formula is C13H11F3N2O2. The third-order valence-corrected chi connectivity index (χ3v) is 3.01. The lowest BCUT2D eigenvalue weighted by Gasteiger charge is -2.12. The second-order valence-corrected chi connectivity index (χ2v) is 4.41. The van der Waals surface area contributed by atoms with Crippen molar-refractivity contribution in [1.82, 2.24) is 5.32 Å². The van der Waals surface area contributed by atoms with Crippen LogP contribution in [0.25, 0.3) is 0 Å². The van der Waals surface area contributed by atoms with Crippen molar-refractivity contribution in [3.63, 3.8) is 0 Å². The number of benzene rings is 1. The van der Waals surface area contributed by atoms with Crippen LogP contribution in [0.4, 0.5) is 13.2 Å². The topological polar surface area (TPSA) is 62.1 Å². The molecule has 0 aliphatic heterocycles. The van der Waals surface area contributed by atoms with Crippen LogP contribution in [0.15, 0.2) is 24.3 Å². The van der Waals surface area contributed by atoms with Gasteiger partial charge in [-0.05, 0) is 24.0 Å². The van der Waals surface area contributed by atoms with E-state index < -0.39 is 12.3 Å². The zero-order valence-corrected chi connectivity index (χ0v) is 10.3. The van der Waals surface area contributed by atoms with E-state index in [1.54, 1.807) is 12.1 Å². The van der Waals surface area contributed by atoms with Crippen LogP contribution < -0.4 is 10.1 Å². The van der Waals surface area contributed by atoms with Gasteiger partial charge in [0.15, 0.2) is 0 Å². The van der Waals surface area contributed by atoms with Gasteiger partial charge in [-0.15, -0.1) is 13.2 Å². The molecule has 1 aromatic carbocycles. The standard InChI is InChI=1S/C13H11F3N2O2/c14-13(15,16)20-11-4-2-1-3-8(11)9-7-10(9)12(19)18-6-5-17/h1-4,9-10H,6-7H2,(H,18,19)/t9-,10+/m1/s1. The van der Waals surface area contributed by atoms with Crippen molar-refractivity contribution in [2.45, 2.75) is 18.7 Å². The molecule has 2 atom stereocenters. The van der Waals surface area contributed by atoms with Crippen LogP contribution in [0.2, 0.25) is 0 Å². The van der Waals surface area contributed by atoms with E-state index in [4.69, 9.17) is 5.26 Å². The summed E-state index contributed by atoms with van der Waals surface area (Å²) in [6.45, 7) is -0.108. The van der Waals surface area contributed by atoms with Gasteiger partial charge >= 0.3 is 6.36 Å². The molecule has 0 aromatic heterocycles. The fourth-order valence-electron chi connectivity index (χ4n) is 2.09. The predicted molar refractivity (Wildman–Crippen MR) is 62.6 cm³/mol. The van der Waals surface area contributed by atoms with Crippen LogP contribution in [0, 0.1) is 17.2 Å². The largest absolute Gasteiger partial charge is 0.573 e. The maximum atomic E-state index is 12.3. The third kappa shape index (κ3) is 3.41. The molecule has 0 saturated heterocycles. The number of ether oxygens (including phenoxy) is 1. The van der Waals surface area contributed by atoms with E-state index >= 15 is 0 Å². The van der Waals surface area contributed by atoms with E-state index in [1.807, 2.05) is 0 Å². The van der Waals surface area contributed by atoms with E-state index in [1.165, 1.54) is 18.2 Å². The summed E-state index contributed by atoms with van der Waals surface area (Å²) in [5.41, 5.74) is 0.363. The molecule has 1 fully saturated rings. The SMILES string of the molecule is N#CCNC(=O)[C@H]1C[C@@H]1c1ccccc1OC(F)(F)F. The highest BCUT2D eigenvalue weighted by atomic mass is 19.4. The highest BCUT2D eigenvalue weighted by molar-refractivity contribution is 5.83. The average molecular weight is 284 g/mol. The zero-order valence-electron chi connectivity index (χ0n) is 10.3. The number of carbonyl (C=O) groups is 1. The Balaban J connectivity index is 2.08. The first-order valence-corrected chi connectivity index (χ1v) is 5.91. The first kappa shape index (κ1) is 14.2. The average Bonchev–Trinajstić information content (AvgIpc) is 3.15. The Bertz CT molecular complexity index is 551. The lowest BCUT2D eigenvalue weighted by Crippen LogP contribution is -2.25. The summed E-state index contributed by atoms with van der Waals surface area (Å²) in [7, 11) is 0. The minimum atomic E-state index is -4.76. The number of hydrogen-bond acceptors (Lipinski definition) is 3. The molecule has 0 heterocycles. The van der Waals surface area contributed by atoms with E-state index in [0.29, 0.717) is 12.0 Å². The first-order valence-electron chi connectivity index (χ1n) is 5.91. The second kappa shape index (κ2) is 5.41. The van der Waals surface area contributed by atoms with Gasteiger partial charge in [0.2, 0.25) is 5.91 Å². The second-order valence-electron chi connectivity index (χ2n) is 4.41. The fraction of sp³-hybridized carbons (Fsp3) is 0.385. The molecule has 1 aliphatic rings. The van der Waals surface area contributed by atoms with Gasteiger partial charge in [0.05, 0.1) is 6.07 Å². The van der Waals surface area contributed by atoms with Gasteiger partial charge in [0.25, 0.3) is 0 Å². The summed E-state index contributed by atoms with van der Waals surface area (Å²) in [5, 5.41) is 10.8. The minimum absolute atomic E-state index is 0.108. The van der Waals surface area contributed by atoms with Gasteiger partial charge in [0, 0.05) is 5.92 Å². The van der Waals surface area contributed by atoms with Gasteiger partial charge in [-0.25, -0.2) is 0 Å². The molecule has 0 bridgehead atoms. The zero-order chi connectivity index (χ0) is 14.8. The van der Waals surface area contributed by atoms with Crippen molar-refractivity contribution in [1.29, 1.82) is 5.26 Å². The molecule has 2 rings (SSSR count). The molecule has 1 aromatic rings. The Morgan fingerprint density at radius 2 is 2.15 bits per heavy atom. The molecular weight excluding hydrogens is 273 g/mol. The third-order valence-electron chi connectivity index (χ3n) is 3.01.